The second-order valence-corrected chi connectivity index (χ2v) is 11.8. The zero-order valence-corrected chi connectivity index (χ0v) is 19.5. The van der Waals surface area contributed by atoms with Crippen LogP contribution in [-0.2, 0) is 5.41 Å². The Morgan fingerprint density at radius 1 is 0.765 bits per heavy atom. The maximum atomic E-state index is 14.5. The van der Waals surface area contributed by atoms with Crippen LogP contribution in [0.1, 0.15) is 58.1 Å². The third kappa shape index (κ3) is 2.58. The van der Waals surface area contributed by atoms with Crippen LogP contribution in [0.4, 0.5) is 29.1 Å². The molecular weight excluding hydrogens is 444 g/mol. The number of benzene rings is 3. The fourth-order valence-electron chi connectivity index (χ4n) is 7.54. The molecule has 2 aliphatic carbocycles. The summed E-state index contributed by atoms with van der Waals surface area (Å²) in [5.74, 6) is -0.126. The number of hydrogen-bond donors (Lipinski definition) is 1. The number of phenolic OH excluding ortho intramolecular Hbond substituents is 1. The van der Waals surface area contributed by atoms with Crippen LogP contribution in [0, 0.1) is 10.8 Å². The predicted octanol–water partition coefficient (Wildman–Crippen LogP) is 7.99. The summed E-state index contributed by atoms with van der Waals surface area (Å²) in [6.07, 6.45) is -1.69. The minimum absolute atomic E-state index is 0.0194. The summed E-state index contributed by atoms with van der Waals surface area (Å²) in [7, 11) is 0. The SMILES string of the molecule is CC1(C)CC(C)(C)CC2(C1)c1ccccc1-c1c2cc(O)c2cc3c(cc12)N(F)C(F)(F)N3F. The third-order valence-corrected chi connectivity index (χ3v) is 7.85. The molecule has 3 nitrogen and oxygen atoms in total. The van der Waals surface area contributed by atoms with Crippen molar-refractivity contribution in [2.24, 2.45) is 10.8 Å². The summed E-state index contributed by atoms with van der Waals surface area (Å²) in [6, 6.07) is 12.1. The molecule has 3 aromatic rings. The number of alkyl halides is 2. The third-order valence-electron chi connectivity index (χ3n) is 7.85. The molecule has 1 saturated carbocycles. The molecule has 178 valence electrons. The summed E-state index contributed by atoms with van der Waals surface area (Å²) in [6.45, 7) is 9.01. The lowest BCUT2D eigenvalue weighted by atomic mass is 9.52. The second-order valence-electron chi connectivity index (χ2n) is 11.8. The molecule has 0 radical (unpaired) electrons. The summed E-state index contributed by atoms with van der Waals surface area (Å²) in [5, 5.41) is 9.98. The normalized spacial score (nSPS) is 22.7. The fourth-order valence-corrected chi connectivity index (χ4v) is 7.54. The highest BCUT2D eigenvalue weighted by Crippen LogP contribution is 2.65. The highest BCUT2D eigenvalue weighted by molar-refractivity contribution is 6.09. The first kappa shape index (κ1) is 21.6. The number of anilines is 2. The molecule has 0 atom stereocenters. The van der Waals surface area contributed by atoms with E-state index in [1.165, 1.54) is 6.07 Å². The van der Waals surface area contributed by atoms with E-state index in [2.05, 4.69) is 33.8 Å². The summed E-state index contributed by atoms with van der Waals surface area (Å²) in [5.41, 5.74) is 2.29. The zero-order valence-electron chi connectivity index (χ0n) is 19.5. The molecule has 1 N–H and O–H groups in total. The maximum absolute atomic E-state index is 14.5. The molecule has 1 heterocycles. The Hall–Kier alpha value is -2.96. The molecule has 0 aromatic heterocycles. The van der Waals surface area contributed by atoms with Gasteiger partial charge in [0.25, 0.3) is 0 Å². The number of rotatable bonds is 0. The van der Waals surface area contributed by atoms with Crippen molar-refractivity contribution in [3.8, 4) is 16.9 Å². The Balaban J connectivity index is 1.71. The lowest BCUT2D eigenvalue weighted by molar-refractivity contribution is -0.0660. The number of aromatic hydroxyl groups is 1. The molecule has 0 saturated heterocycles. The van der Waals surface area contributed by atoms with Crippen LogP contribution in [0.15, 0.2) is 42.5 Å². The maximum Gasteiger partial charge on any atom is 0.467 e. The Morgan fingerprint density at radius 2 is 1.32 bits per heavy atom. The van der Waals surface area contributed by atoms with Crippen molar-refractivity contribution in [3.05, 3.63) is 53.6 Å². The van der Waals surface area contributed by atoms with Gasteiger partial charge in [0.1, 0.15) is 17.1 Å². The summed E-state index contributed by atoms with van der Waals surface area (Å²) >= 11 is 0. The summed E-state index contributed by atoms with van der Waals surface area (Å²) < 4.78 is 57.0. The minimum atomic E-state index is -4.45. The average Bonchev–Trinajstić information content (AvgIpc) is 3.07. The van der Waals surface area contributed by atoms with Crippen LogP contribution in [0.25, 0.3) is 21.9 Å². The predicted molar refractivity (Wildman–Crippen MR) is 125 cm³/mol. The van der Waals surface area contributed by atoms with Gasteiger partial charge in [-0.15, -0.1) is 10.2 Å². The number of hydrogen-bond acceptors (Lipinski definition) is 3. The lowest BCUT2D eigenvalue weighted by Crippen LogP contribution is -2.43. The van der Waals surface area contributed by atoms with Crippen molar-refractivity contribution >= 4 is 22.1 Å². The number of nitrogens with zero attached hydrogens (tertiary/aromatic N) is 2. The van der Waals surface area contributed by atoms with E-state index in [9.17, 15) is 22.8 Å². The van der Waals surface area contributed by atoms with Crippen molar-refractivity contribution in [2.45, 2.75) is 58.5 Å². The number of fused-ring (bicyclic) bond motifs is 8. The molecule has 7 heteroatoms. The molecule has 6 rings (SSSR count). The Bertz CT molecular complexity index is 1360. The van der Waals surface area contributed by atoms with Crippen molar-refractivity contribution < 1.29 is 22.8 Å². The van der Waals surface area contributed by atoms with Gasteiger partial charge in [-0.05, 0) is 75.9 Å². The quantitative estimate of drug-likeness (QED) is 0.205. The molecule has 0 bridgehead atoms. The van der Waals surface area contributed by atoms with E-state index in [-0.39, 0.29) is 27.4 Å². The van der Waals surface area contributed by atoms with E-state index in [1.807, 2.05) is 18.2 Å². The topological polar surface area (TPSA) is 26.7 Å². The first-order valence-corrected chi connectivity index (χ1v) is 11.5. The van der Waals surface area contributed by atoms with Crippen LogP contribution >= 0.6 is 0 Å². The van der Waals surface area contributed by atoms with Crippen molar-refractivity contribution in [1.82, 2.24) is 0 Å². The average molecular weight is 471 g/mol. The molecule has 34 heavy (non-hydrogen) atoms. The van der Waals surface area contributed by atoms with Crippen molar-refractivity contribution in [1.29, 1.82) is 0 Å². The van der Waals surface area contributed by atoms with Crippen molar-refractivity contribution in [2.75, 3.05) is 10.2 Å². The van der Waals surface area contributed by atoms with E-state index >= 15 is 0 Å². The Labute approximate surface area is 195 Å². The van der Waals surface area contributed by atoms with Gasteiger partial charge in [-0.3, -0.25) is 0 Å². The van der Waals surface area contributed by atoms with Gasteiger partial charge in [0.15, 0.2) is 0 Å². The number of halogens is 4. The number of phenols is 1. The van der Waals surface area contributed by atoms with Gasteiger partial charge < -0.3 is 5.11 Å². The molecular formula is C27H26F4N2O. The lowest BCUT2D eigenvalue weighted by Gasteiger charge is -2.51. The molecule has 1 spiro atoms. The molecule has 1 fully saturated rings. The van der Waals surface area contributed by atoms with Gasteiger partial charge in [-0.25, -0.2) is 0 Å². The first-order valence-electron chi connectivity index (χ1n) is 11.5. The standard InChI is InChI=1S/C27H26F4N2O/c1-24(2)12-25(3,4)14-26(13-24)18-8-6-5-7-15(18)23-17-10-21-20(32(30)27(28,29)33(21)31)9-16(17)22(34)11-19(23)26/h5-11,34H,12-14H2,1-4H3. The van der Waals surface area contributed by atoms with Crippen LogP contribution in [0.5, 0.6) is 5.75 Å². The van der Waals surface area contributed by atoms with E-state index in [4.69, 9.17) is 0 Å². The molecule has 3 aromatic carbocycles. The van der Waals surface area contributed by atoms with Crippen LogP contribution in [0.2, 0.25) is 0 Å². The molecule has 3 aliphatic rings. The van der Waals surface area contributed by atoms with E-state index in [0.29, 0.717) is 5.39 Å². The molecule has 0 unspecified atom stereocenters. The smallest absolute Gasteiger partial charge is 0.467 e. The van der Waals surface area contributed by atoms with Gasteiger partial charge in [0.2, 0.25) is 0 Å². The van der Waals surface area contributed by atoms with E-state index in [1.54, 1.807) is 6.07 Å². The second kappa shape index (κ2) is 6.18. The van der Waals surface area contributed by atoms with Crippen LogP contribution in [0.3, 0.4) is 0 Å². The highest BCUT2D eigenvalue weighted by atomic mass is 19.3. The van der Waals surface area contributed by atoms with Gasteiger partial charge in [0, 0.05) is 10.8 Å². The van der Waals surface area contributed by atoms with Crippen LogP contribution in [-0.4, -0.2) is 11.3 Å². The monoisotopic (exact) mass is 470 g/mol. The Morgan fingerprint density at radius 3 is 1.94 bits per heavy atom. The Kier molecular flexibility index (Phi) is 3.92. The zero-order chi connectivity index (χ0) is 24.4. The summed E-state index contributed by atoms with van der Waals surface area (Å²) in [4.78, 5) is 0. The minimum Gasteiger partial charge on any atom is -0.507 e. The van der Waals surface area contributed by atoms with E-state index < -0.39 is 27.8 Å². The largest absolute Gasteiger partial charge is 0.507 e. The highest BCUT2D eigenvalue weighted by Gasteiger charge is 2.56. The van der Waals surface area contributed by atoms with Gasteiger partial charge in [0.05, 0.1) is 0 Å². The fraction of sp³-hybridized carbons (Fsp3) is 0.407. The van der Waals surface area contributed by atoms with Gasteiger partial charge >= 0.3 is 6.17 Å². The van der Waals surface area contributed by atoms with Crippen LogP contribution < -0.4 is 10.2 Å². The first-order chi connectivity index (χ1) is 15.8. The molecule has 0 amide bonds. The van der Waals surface area contributed by atoms with Gasteiger partial charge in [-0.2, -0.15) is 8.78 Å². The van der Waals surface area contributed by atoms with Gasteiger partial charge in [-0.1, -0.05) is 60.9 Å². The molecule has 1 aliphatic heterocycles. The van der Waals surface area contributed by atoms with E-state index in [0.717, 1.165) is 47.6 Å². The van der Waals surface area contributed by atoms with Crippen molar-refractivity contribution in [3.63, 3.8) is 0 Å².